The van der Waals surface area contributed by atoms with E-state index in [1.807, 2.05) is 30.3 Å². The van der Waals surface area contributed by atoms with Gasteiger partial charge in [0.2, 0.25) is 0 Å². The average Bonchev–Trinajstić information content (AvgIpc) is 2.37. The van der Waals surface area contributed by atoms with Crippen molar-refractivity contribution >= 4 is 5.97 Å². The molecular weight excluding hydrogens is 228 g/mol. The average molecular weight is 246 g/mol. The molecule has 0 heterocycles. The predicted molar refractivity (Wildman–Crippen MR) is 69.7 cm³/mol. The fourth-order valence-corrected chi connectivity index (χ4v) is 1.51. The van der Waals surface area contributed by atoms with E-state index in [0.29, 0.717) is 19.6 Å². The summed E-state index contributed by atoms with van der Waals surface area (Å²) in [6.45, 7) is 2.56. The topological polar surface area (TPSA) is 35.5 Å². The van der Waals surface area contributed by atoms with Crippen LogP contribution in [0.4, 0.5) is 0 Å². The lowest BCUT2D eigenvalue weighted by atomic mass is 10.2. The Bertz CT molecular complexity index is 392. The van der Waals surface area contributed by atoms with E-state index in [2.05, 4.69) is 5.92 Å². The van der Waals surface area contributed by atoms with E-state index >= 15 is 0 Å². The third-order valence-electron chi connectivity index (χ3n) is 2.36. The molecule has 0 aromatic heterocycles. The molecular formula is C15H18O3. The van der Waals surface area contributed by atoms with Gasteiger partial charge in [0, 0.05) is 13.5 Å². The maximum absolute atomic E-state index is 10.7. The summed E-state index contributed by atoms with van der Waals surface area (Å²) in [6.07, 6.45) is 6.22. The highest BCUT2D eigenvalue weighted by atomic mass is 16.5. The predicted octanol–water partition coefficient (Wildman–Crippen LogP) is 2.55. The van der Waals surface area contributed by atoms with Crippen LogP contribution < -0.4 is 0 Å². The molecule has 0 fully saturated rings. The first kappa shape index (κ1) is 14.3. The summed E-state index contributed by atoms with van der Waals surface area (Å²) in [6, 6.07) is 9.97. The number of carbonyl (C=O) groups excluding carboxylic acids is 1. The molecule has 1 aromatic carbocycles. The minimum Gasteiger partial charge on any atom is -0.449 e. The van der Waals surface area contributed by atoms with Gasteiger partial charge in [0.1, 0.15) is 0 Å². The van der Waals surface area contributed by atoms with E-state index < -0.39 is 6.10 Å². The Morgan fingerprint density at radius 1 is 1.39 bits per heavy atom. The Morgan fingerprint density at radius 3 is 2.72 bits per heavy atom. The molecule has 0 aliphatic carbocycles. The molecule has 0 radical (unpaired) electrons. The van der Waals surface area contributed by atoms with Crippen LogP contribution in [-0.2, 0) is 20.9 Å². The molecule has 1 atom stereocenters. The van der Waals surface area contributed by atoms with Gasteiger partial charge in [0.15, 0.2) is 6.10 Å². The fourth-order valence-electron chi connectivity index (χ4n) is 1.51. The lowest BCUT2D eigenvalue weighted by Gasteiger charge is -2.10. The van der Waals surface area contributed by atoms with Crippen LogP contribution in [-0.4, -0.2) is 18.7 Å². The van der Waals surface area contributed by atoms with E-state index in [0.717, 1.165) is 12.0 Å². The van der Waals surface area contributed by atoms with Crippen molar-refractivity contribution in [2.24, 2.45) is 0 Å². The Balaban J connectivity index is 2.11. The number of hydrogen-bond donors (Lipinski definition) is 0. The zero-order valence-electron chi connectivity index (χ0n) is 10.6. The minimum absolute atomic E-state index is 0.344. The molecule has 3 heteroatoms. The van der Waals surface area contributed by atoms with Gasteiger partial charge in [-0.05, 0) is 18.4 Å². The molecule has 0 amide bonds. The number of carbonyl (C=O) groups is 1. The summed E-state index contributed by atoms with van der Waals surface area (Å²) in [5.74, 6) is 2.10. The smallest absolute Gasteiger partial charge is 0.303 e. The monoisotopic (exact) mass is 246 g/mol. The van der Waals surface area contributed by atoms with Gasteiger partial charge in [0.25, 0.3) is 0 Å². The lowest BCUT2D eigenvalue weighted by Crippen LogP contribution is -2.14. The maximum atomic E-state index is 10.7. The molecule has 0 saturated carbocycles. The van der Waals surface area contributed by atoms with Crippen LogP contribution in [0.5, 0.6) is 0 Å². The third-order valence-corrected chi connectivity index (χ3v) is 2.36. The standard InChI is InChI=1S/C15H18O3/c1-3-15(18-13(2)16)10-7-11-17-12-14-8-5-4-6-9-14/h1,4-6,8-9,15H,7,10-12H2,2H3/t15-/m1/s1. The summed E-state index contributed by atoms with van der Waals surface area (Å²) in [5, 5.41) is 0. The molecule has 0 saturated heterocycles. The van der Waals surface area contributed by atoms with Crippen LogP contribution in [0.15, 0.2) is 30.3 Å². The minimum atomic E-state index is -0.442. The number of esters is 1. The van der Waals surface area contributed by atoms with E-state index in [9.17, 15) is 4.79 Å². The Hall–Kier alpha value is -1.79. The molecule has 0 aliphatic heterocycles. The number of hydrogen-bond acceptors (Lipinski definition) is 3. The van der Waals surface area contributed by atoms with Gasteiger partial charge in [-0.3, -0.25) is 4.79 Å². The molecule has 0 unspecified atom stereocenters. The normalized spacial score (nSPS) is 11.6. The fraction of sp³-hybridized carbons (Fsp3) is 0.400. The molecule has 0 aliphatic rings. The van der Waals surface area contributed by atoms with E-state index in [1.54, 1.807) is 0 Å². The summed E-state index contributed by atoms with van der Waals surface area (Å²) < 4.78 is 10.4. The zero-order valence-corrected chi connectivity index (χ0v) is 10.6. The number of terminal acetylenes is 1. The Morgan fingerprint density at radius 2 is 2.11 bits per heavy atom. The zero-order chi connectivity index (χ0) is 13.2. The van der Waals surface area contributed by atoms with Gasteiger partial charge in [-0.25, -0.2) is 0 Å². The summed E-state index contributed by atoms with van der Waals surface area (Å²) in [5.41, 5.74) is 1.14. The second-order valence-electron chi connectivity index (χ2n) is 3.95. The Labute approximate surface area is 108 Å². The van der Waals surface area contributed by atoms with Gasteiger partial charge in [0.05, 0.1) is 6.61 Å². The lowest BCUT2D eigenvalue weighted by molar-refractivity contribution is -0.144. The first-order valence-corrected chi connectivity index (χ1v) is 5.97. The number of benzene rings is 1. The van der Waals surface area contributed by atoms with Crippen molar-refractivity contribution in [3.8, 4) is 12.3 Å². The highest BCUT2D eigenvalue weighted by Crippen LogP contribution is 2.04. The molecule has 0 spiro atoms. The van der Waals surface area contributed by atoms with Gasteiger partial charge in [-0.15, -0.1) is 6.42 Å². The van der Waals surface area contributed by atoms with Gasteiger partial charge < -0.3 is 9.47 Å². The van der Waals surface area contributed by atoms with Gasteiger partial charge in [-0.2, -0.15) is 0 Å². The molecule has 0 bridgehead atoms. The molecule has 18 heavy (non-hydrogen) atoms. The van der Waals surface area contributed by atoms with Crippen LogP contribution >= 0.6 is 0 Å². The van der Waals surface area contributed by atoms with Crippen LogP contribution in [0.25, 0.3) is 0 Å². The Kier molecular flexibility index (Phi) is 6.60. The van der Waals surface area contributed by atoms with Crippen molar-refractivity contribution in [3.05, 3.63) is 35.9 Å². The van der Waals surface area contributed by atoms with E-state index in [-0.39, 0.29) is 5.97 Å². The van der Waals surface area contributed by atoms with Crippen molar-refractivity contribution in [2.45, 2.75) is 32.5 Å². The maximum Gasteiger partial charge on any atom is 0.303 e. The molecule has 1 aromatic rings. The summed E-state index contributed by atoms with van der Waals surface area (Å²) >= 11 is 0. The number of rotatable bonds is 7. The SMILES string of the molecule is C#C[C@H](CCCOCc1ccccc1)OC(C)=O. The molecule has 1 rings (SSSR count). The summed E-state index contributed by atoms with van der Waals surface area (Å²) in [7, 11) is 0. The quantitative estimate of drug-likeness (QED) is 0.421. The van der Waals surface area contributed by atoms with Crippen molar-refractivity contribution in [2.75, 3.05) is 6.61 Å². The second-order valence-corrected chi connectivity index (χ2v) is 3.95. The van der Waals surface area contributed by atoms with Crippen LogP contribution in [0.1, 0.15) is 25.3 Å². The molecule has 96 valence electrons. The van der Waals surface area contributed by atoms with Crippen LogP contribution in [0.2, 0.25) is 0 Å². The van der Waals surface area contributed by atoms with Crippen molar-refractivity contribution < 1.29 is 14.3 Å². The number of ether oxygens (including phenoxy) is 2. The van der Waals surface area contributed by atoms with E-state index in [1.165, 1.54) is 6.92 Å². The largest absolute Gasteiger partial charge is 0.449 e. The first-order valence-electron chi connectivity index (χ1n) is 5.97. The van der Waals surface area contributed by atoms with Crippen molar-refractivity contribution in [3.63, 3.8) is 0 Å². The summed E-state index contributed by atoms with van der Waals surface area (Å²) in [4.78, 5) is 10.7. The van der Waals surface area contributed by atoms with Gasteiger partial charge in [-0.1, -0.05) is 36.3 Å². The van der Waals surface area contributed by atoms with Crippen molar-refractivity contribution in [1.82, 2.24) is 0 Å². The highest BCUT2D eigenvalue weighted by molar-refractivity contribution is 5.66. The third kappa shape index (κ3) is 6.07. The van der Waals surface area contributed by atoms with Crippen molar-refractivity contribution in [1.29, 1.82) is 0 Å². The first-order chi connectivity index (χ1) is 8.72. The highest BCUT2D eigenvalue weighted by Gasteiger charge is 2.07. The molecule has 3 nitrogen and oxygen atoms in total. The van der Waals surface area contributed by atoms with Crippen LogP contribution in [0, 0.1) is 12.3 Å². The second kappa shape index (κ2) is 8.32. The van der Waals surface area contributed by atoms with Crippen LogP contribution in [0.3, 0.4) is 0 Å². The van der Waals surface area contributed by atoms with Gasteiger partial charge >= 0.3 is 5.97 Å². The van der Waals surface area contributed by atoms with E-state index in [4.69, 9.17) is 15.9 Å². The molecule has 0 N–H and O–H groups in total.